The molecule has 3 nitrogen and oxygen atoms in total. The molecule has 0 unspecified atom stereocenters. The number of nitrogens with two attached hydrogens (primary N) is 1. The average molecular weight is 217 g/mol. The molecule has 0 aliphatic rings. The summed E-state index contributed by atoms with van der Waals surface area (Å²) in [6.07, 6.45) is 1.61. The SMILES string of the molecule is Cc1ccc(F)cc1Nc1ccc(N)nc1. The fourth-order valence-corrected chi connectivity index (χ4v) is 1.36. The minimum absolute atomic E-state index is 0.267. The van der Waals surface area contributed by atoms with Gasteiger partial charge in [-0.3, -0.25) is 0 Å². The van der Waals surface area contributed by atoms with Crippen molar-refractivity contribution in [2.75, 3.05) is 11.1 Å². The Morgan fingerprint density at radius 3 is 2.75 bits per heavy atom. The predicted octanol–water partition coefficient (Wildman–Crippen LogP) is 2.85. The minimum atomic E-state index is -0.267. The number of hydrogen-bond acceptors (Lipinski definition) is 3. The van der Waals surface area contributed by atoms with Crippen LogP contribution in [0, 0.1) is 12.7 Å². The molecule has 3 N–H and O–H groups in total. The fraction of sp³-hybridized carbons (Fsp3) is 0.0833. The summed E-state index contributed by atoms with van der Waals surface area (Å²) in [7, 11) is 0. The number of rotatable bonds is 2. The lowest BCUT2D eigenvalue weighted by atomic mass is 10.2. The lowest BCUT2D eigenvalue weighted by Crippen LogP contribution is -1.96. The fourth-order valence-electron chi connectivity index (χ4n) is 1.36. The van der Waals surface area contributed by atoms with Gasteiger partial charge in [-0.1, -0.05) is 6.07 Å². The average Bonchev–Trinajstić information content (AvgIpc) is 2.27. The molecular formula is C12H12FN3. The van der Waals surface area contributed by atoms with E-state index in [0.717, 1.165) is 16.9 Å². The molecule has 16 heavy (non-hydrogen) atoms. The Morgan fingerprint density at radius 1 is 1.25 bits per heavy atom. The van der Waals surface area contributed by atoms with Crippen LogP contribution in [0.4, 0.5) is 21.6 Å². The Bertz CT molecular complexity index is 494. The number of pyridine rings is 1. The number of benzene rings is 1. The number of nitrogen functional groups attached to an aromatic ring is 1. The van der Waals surface area contributed by atoms with E-state index in [1.807, 2.05) is 6.92 Å². The molecule has 4 heteroatoms. The second-order valence-corrected chi connectivity index (χ2v) is 3.56. The van der Waals surface area contributed by atoms with Gasteiger partial charge >= 0.3 is 0 Å². The van der Waals surface area contributed by atoms with Crippen LogP contribution in [0.25, 0.3) is 0 Å². The van der Waals surface area contributed by atoms with Crippen molar-refractivity contribution in [3.8, 4) is 0 Å². The van der Waals surface area contributed by atoms with Crippen molar-refractivity contribution in [1.29, 1.82) is 0 Å². The molecule has 1 heterocycles. The Hall–Kier alpha value is -2.10. The second-order valence-electron chi connectivity index (χ2n) is 3.56. The van der Waals surface area contributed by atoms with Gasteiger partial charge in [-0.2, -0.15) is 0 Å². The van der Waals surface area contributed by atoms with Crippen molar-refractivity contribution < 1.29 is 4.39 Å². The highest BCUT2D eigenvalue weighted by molar-refractivity contribution is 5.62. The molecule has 0 aliphatic carbocycles. The minimum Gasteiger partial charge on any atom is -0.384 e. The summed E-state index contributed by atoms with van der Waals surface area (Å²) < 4.78 is 13.0. The second kappa shape index (κ2) is 4.18. The Labute approximate surface area is 93.1 Å². The molecule has 0 amide bonds. The van der Waals surface area contributed by atoms with Crippen molar-refractivity contribution >= 4 is 17.2 Å². The summed E-state index contributed by atoms with van der Waals surface area (Å²) in [5.74, 6) is 0.193. The zero-order valence-electron chi connectivity index (χ0n) is 8.87. The predicted molar refractivity (Wildman–Crippen MR) is 63.1 cm³/mol. The lowest BCUT2D eigenvalue weighted by Gasteiger charge is -2.09. The van der Waals surface area contributed by atoms with Gasteiger partial charge in [0, 0.05) is 5.69 Å². The van der Waals surface area contributed by atoms with Gasteiger partial charge in [0.25, 0.3) is 0 Å². The lowest BCUT2D eigenvalue weighted by molar-refractivity contribution is 0.628. The van der Waals surface area contributed by atoms with Crippen LogP contribution in [0.2, 0.25) is 0 Å². The van der Waals surface area contributed by atoms with E-state index in [1.54, 1.807) is 24.4 Å². The smallest absolute Gasteiger partial charge is 0.125 e. The summed E-state index contributed by atoms with van der Waals surface area (Å²) in [5, 5.41) is 3.08. The van der Waals surface area contributed by atoms with E-state index in [9.17, 15) is 4.39 Å². The van der Waals surface area contributed by atoms with Crippen molar-refractivity contribution in [1.82, 2.24) is 4.98 Å². The first-order valence-electron chi connectivity index (χ1n) is 4.90. The van der Waals surface area contributed by atoms with Gasteiger partial charge in [0.15, 0.2) is 0 Å². The van der Waals surface area contributed by atoms with E-state index in [1.165, 1.54) is 12.1 Å². The number of halogens is 1. The van der Waals surface area contributed by atoms with E-state index in [-0.39, 0.29) is 5.82 Å². The zero-order chi connectivity index (χ0) is 11.5. The van der Waals surface area contributed by atoms with Crippen LogP contribution < -0.4 is 11.1 Å². The third-order valence-corrected chi connectivity index (χ3v) is 2.26. The maximum absolute atomic E-state index is 13.0. The Balaban J connectivity index is 2.26. The number of hydrogen-bond donors (Lipinski definition) is 2. The number of nitrogens with zero attached hydrogens (tertiary/aromatic N) is 1. The van der Waals surface area contributed by atoms with Crippen molar-refractivity contribution in [3.63, 3.8) is 0 Å². The molecular weight excluding hydrogens is 205 g/mol. The largest absolute Gasteiger partial charge is 0.384 e. The maximum Gasteiger partial charge on any atom is 0.125 e. The van der Waals surface area contributed by atoms with Crippen molar-refractivity contribution in [2.45, 2.75) is 6.92 Å². The number of anilines is 3. The van der Waals surface area contributed by atoms with E-state index >= 15 is 0 Å². The van der Waals surface area contributed by atoms with E-state index in [0.29, 0.717) is 5.82 Å². The van der Waals surface area contributed by atoms with Crippen LogP contribution in [0.3, 0.4) is 0 Å². The third kappa shape index (κ3) is 2.28. The first kappa shape index (κ1) is 10.4. The summed E-state index contributed by atoms with van der Waals surface area (Å²) in [6.45, 7) is 1.91. The topological polar surface area (TPSA) is 50.9 Å². The molecule has 82 valence electrons. The molecule has 1 aromatic heterocycles. The van der Waals surface area contributed by atoms with Gasteiger partial charge in [0.2, 0.25) is 0 Å². The number of aromatic nitrogens is 1. The maximum atomic E-state index is 13.0. The molecule has 0 spiro atoms. The van der Waals surface area contributed by atoms with Crippen LogP contribution in [-0.4, -0.2) is 4.98 Å². The summed E-state index contributed by atoms with van der Waals surface area (Å²) >= 11 is 0. The quantitative estimate of drug-likeness (QED) is 0.813. The van der Waals surface area contributed by atoms with Crippen LogP contribution >= 0.6 is 0 Å². The van der Waals surface area contributed by atoms with Gasteiger partial charge in [0.05, 0.1) is 11.9 Å². The molecule has 0 bridgehead atoms. The highest BCUT2D eigenvalue weighted by atomic mass is 19.1. The van der Waals surface area contributed by atoms with Crippen molar-refractivity contribution in [2.24, 2.45) is 0 Å². The van der Waals surface area contributed by atoms with E-state index < -0.39 is 0 Å². The summed E-state index contributed by atoms with van der Waals surface area (Å²) in [6, 6.07) is 8.10. The van der Waals surface area contributed by atoms with E-state index in [4.69, 9.17) is 5.73 Å². The monoisotopic (exact) mass is 217 g/mol. The van der Waals surface area contributed by atoms with Crippen LogP contribution in [-0.2, 0) is 0 Å². The van der Waals surface area contributed by atoms with Gasteiger partial charge in [-0.15, -0.1) is 0 Å². The van der Waals surface area contributed by atoms with Crippen LogP contribution in [0.1, 0.15) is 5.56 Å². The number of nitrogens with one attached hydrogen (secondary N) is 1. The number of aryl methyl sites for hydroxylation is 1. The van der Waals surface area contributed by atoms with Gasteiger partial charge in [0.1, 0.15) is 11.6 Å². The molecule has 2 rings (SSSR count). The molecule has 1 aromatic carbocycles. The molecule has 0 fully saturated rings. The normalized spacial score (nSPS) is 10.1. The molecule has 0 atom stereocenters. The molecule has 0 saturated carbocycles. The molecule has 0 aliphatic heterocycles. The molecule has 2 aromatic rings. The van der Waals surface area contributed by atoms with Crippen LogP contribution in [0.5, 0.6) is 0 Å². The first-order valence-corrected chi connectivity index (χ1v) is 4.90. The Kier molecular flexibility index (Phi) is 2.72. The molecule has 0 saturated heterocycles. The summed E-state index contributed by atoms with van der Waals surface area (Å²) in [5.41, 5.74) is 7.95. The Morgan fingerprint density at radius 2 is 2.06 bits per heavy atom. The standard InChI is InChI=1S/C12H12FN3/c1-8-2-3-9(13)6-11(8)16-10-4-5-12(14)15-7-10/h2-7,16H,1H3,(H2,14,15). The highest BCUT2D eigenvalue weighted by Crippen LogP contribution is 2.21. The van der Waals surface area contributed by atoms with Gasteiger partial charge in [-0.05, 0) is 36.8 Å². The van der Waals surface area contributed by atoms with Crippen LogP contribution in [0.15, 0.2) is 36.5 Å². The summed E-state index contributed by atoms with van der Waals surface area (Å²) in [4.78, 5) is 3.95. The van der Waals surface area contributed by atoms with E-state index in [2.05, 4.69) is 10.3 Å². The van der Waals surface area contributed by atoms with Gasteiger partial charge < -0.3 is 11.1 Å². The molecule has 0 radical (unpaired) electrons. The third-order valence-electron chi connectivity index (χ3n) is 2.26. The highest BCUT2D eigenvalue weighted by Gasteiger charge is 2.01. The first-order chi connectivity index (χ1) is 7.65. The van der Waals surface area contributed by atoms with Crippen molar-refractivity contribution in [3.05, 3.63) is 47.9 Å². The zero-order valence-corrected chi connectivity index (χ0v) is 8.87. The van der Waals surface area contributed by atoms with Gasteiger partial charge in [-0.25, -0.2) is 9.37 Å².